The number of carbonyl (C=O) groups is 3. The molecule has 0 saturated heterocycles. The van der Waals surface area contributed by atoms with Gasteiger partial charge >= 0.3 is 5.97 Å². The van der Waals surface area contributed by atoms with Crippen LogP contribution in [0.3, 0.4) is 0 Å². The van der Waals surface area contributed by atoms with Gasteiger partial charge in [-0.2, -0.15) is 0 Å². The van der Waals surface area contributed by atoms with E-state index in [1.807, 2.05) is 23.6 Å². The normalized spacial score (nSPS) is 39.3. The lowest BCUT2D eigenvalue weighted by molar-refractivity contribution is -0.168. The van der Waals surface area contributed by atoms with Crippen LogP contribution >= 0.6 is 11.3 Å². The first-order chi connectivity index (χ1) is 15.7. The summed E-state index contributed by atoms with van der Waals surface area (Å²) in [5, 5.41) is 13.6. The molecule has 0 aliphatic heterocycles. The number of esters is 1. The summed E-state index contributed by atoms with van der Waals surface area (Å²) in [6, 6.07) is 3.74. The number of ether oxygens (including phenoxy) is 1. The fraction of sp³-hybridized carbons (Fsp3) is 0.593. The molecule has 1 heterocycles. The average Bonchev–Trinajstić information content (AvgIpc) is 3.39. The number of hydrogen-bond donors (Lipinski definition) is 1. The summed E-state index contributed by atoms with van der Waals surface area (Å²) in [6.07, 6.45) is 10.6. The van der Waals surface area contributed by atoms with Crippen LogP contribution in [0.4, 0.5) is 0 Å². The van der Waals surface area contributed by atoms with E-state index in [1.165, 1.54) is 16.9 Å². The number of hydrogen-bond acceptors (Lipinski definition) is 6. The molecule has 3 fully saturated rings. The van der Waals surface area contributed by atoms with Crippen molar-refractivity contribution in [3.05, 3.63) is 46.2 Å². The molecule has 1 N–H and O–H groups in total. The van der Waals surface area contributed by atoms with Gasteiger partial charge in [0.2, 0.25) is 5.78 Å². The van der Waals surface area contributed by atoms with Crippen LogP contribution < -0.4 is 0 Å². The number of Topliss-reactive ketones (excluding diaryl/α,β-unsaturated/α-hetero) is 1. The molecule has 0 radical (unpaired) electrons. The maximum absolute atomic E-state index is 13.2. The Morgan fingerprint density at radius 1 is 1.18 bits per heavy atom. The van der Waals surface area contributed by atoms with Crippen LogP contribution in [0, 0.1) is 28.6 Å². The van der Waals surface area contributed by atoms with E-state index in [2.05, 4.69) is 19.9 Å². The lowest BCUT2D eigenvalue weighted by Gasteiger charge is -2.57. The number of fused-ring (bicyclic) bond motifs is 5. The van der Waals surface area contributed by atoms with E-state index in [-0.39, 0.29) is 35.9 Å². The molecule has 1 aromatic rings. The van der Waals surface area contributed by atoms with Crippen LogP contribution in [0.25, 0.3) is 0 Å². The van der Waals surface area contributed by atoms with Gasteiger partial charge in [-0.1, -0.05) is 31.6 Å². The molecule has 1 aromatic heterocycles. The van der Waals surface area contributed by atoms with Gasteiger partial charge in [-0.25, -0.2) is 0 Å². The molecule has 176 valence electrons. The largest absolute Gasteiger partial charge is 0.457 e. The summed E-state index contributed by atoms with van der Waals surface area (Å²) in [5.41, 5.74) is -0.847. The second-order valence-corrected chi connectivity index (χ2v) is 11.8. The SMILES string of the molecule is CC12C=CC(=O)C=C1CCC1C2CCC2(C)C1CC[C@]2(O)C(=O)COC(=O)Cc1cccs1. The molecular formula is C27H32O5S. The van der Waals surface area contributed by atoms with E-state index in [0.717, 1.165) is 37.0 Å². The molecule has 0 spiro atoms. The fourth-order valence-corrected chi connectivity index (χ4v) is 8.23. The molecule has 6 heteroatoms. The van der Waals surface area contributed by atoms with Gasteiger partial charge in [0.15, 0.2) is 12.4 Å². The van der Waals surface area contributed by atoms with E-state index in [0.29, 0.717) is 18.3 Å². The van der Waals surface area contributed by atoms with E-state index in [9.17, 15) is 19.5 Å². The molecule has 3 saturated carbocycles. The van der Waals surface area contributed by atoms with Crippen LogP contribution in [0.2, 0.25) is 0 Å². The van der Waals surface area contributed by atoms with Gasteiger partial charge in [-0.3, -0.25) is 14.4 Å². The zero-order valence-electron chi connectivity index (χ0n) is 19.3. The predicted octanol–water partition coefficient (Wildman–Crippen LogP) is 4.44. The van der Waals surface area contributed by atoms with Crippen molar-refractivity contribution in [3.63, 3.8) is 0 Å². The molecule has 5 nitrogen and oxygen atoms in total. The molecule has 0 bridgehead atoms. The molecule has 4 aliphatic carbocycles. The smallest absolute Gasteiger partial charge is 0.311 e. The van der Waals surface area contributed by atoms with Crippen LogP contribution in [0.15, 0.2) is 41.3 Å². The standard InChI is InChI=1S/C27H32O5S/c1-25-10-7-18(28)14-17(25)5-6-20-21(25)8-11-26(2)22(20)9-12-27(26,31)23(29)16-32-24(30)15-19-4-3-13-33-19/h3-4,7,10,13-14,20-22,31H,5-6,8-9,11-12,15-16H2,1-2H3/t20?,21?,22?,25?,26?,27-/m0/s1. The van der Waals surface area contributed by atoms with Crippen molar-refractivity contribution < 1.29 is 24.2 Å². The first-order valence-corrected chi connectivity index (χ1v) is 12.9. The van der Waals surface area contributed by atoms with Crippen molar-refractivity contribution >= 4 is 28.9 Å². The van der Waals surface area contributed by atoms with Gasteiger partial charge in [0.1, 0.15) is 5.60 Å². The topological polar surface area (TPSA) is 80.7 Å². The Labute approximate surface area is 198 Å². The quantitative estimate of drug-likeness (QED) is 0.646. The van der Waals surface area contributed by atoms with Crippen LogP contribution in [0.1, 0.15) is 57.2 Å². The van der Waals surface area contributed by atoms with Crippen LogP contribution in [0.5, 0.6) is 0 Å². The fourth-order valence-electron chi connectivity index (χ4n) is 7.54. The van der Waals surface area contributed by atoms with E-state index in [4.69, 9.17) is 4.74 Å². The second-order valence-electron chi connectivity index (χ2n) is 10.8. The Morgan fingerprint density at radius 2 is 1.97 bits per heavy atom. The summed E-state index contributed by atoms with van der Waals surface area (Å²) in [5.74, 6) is 0.354. The molecular weight excluding hydrogens is 436 g/mol. The Bertz CT molecular complexity index is 1040. The third-order valence-electron chi connectivity index (χ3n) is 9.43. The lowest BCUT2D eigenvalue weighted by atomic mass is 9.47. The number of thiophene rings is 1. The summed E-state index contributed by atoms with van der Waals surface area (Å²) in [6.45, 7) is 3.95. The molecule has 5 rings (SSSR count). The van der Waals surface area contributed by atoms with E-state index >= 15 is 0 Å². The van der Waals surface area contributed by atoms with Crippen molar-refractivity contribution in [2.45, 2.75) is 64.4 Å². The maximum atomic E-state index is 13.2. The van der Waals surface area contributed by atoms with Gasteiger partial charge in [0.05, 0.1) is 6.42 Å². The highest BCUT2D eigenvalue weighted by Crippen LogP contribution is 2.67. The Balaban J connectivity index is 1.30. The highest BCUT2D eigenvalue weighted by Gasteiger charge is 2.66. The van der Waals surface area contributed by atoms with E-state index < -0.39 is 17.0 Å². The molecule has 33 heavy (non-hydrogen) atoms. The van der Waals surface area contributed by atoms with Gasteiger partial charge in [-0.15, -0.1) is 11.3 Å². The minimum atomic E-state index is -1.46. The number of rotatable bonds is 5. The Kier molecular flexibility index (Phi) is 5.52. The summed E-state index contributed by atoms with van der Waals surface area (Å²) in [4.78, 5) is 38.3. The zero-order chi connectivity index (χ0) is 23.4. The summed E-state index contributed by atoms with van der Waals surface area (Å²) >= 11 is 1.48. The van der Waals surface area contributed by atoms with Gasteiger partial charge in [-0.05, 0) is 79.9 Å². The third kappa shape index (κ3) is 3.48. The number of aliphatic hydroxyl groups is 1. The van der Waals surface area contributed by atoms with Crippen molar-refractivity contribution in [2.24, 2.45) is 28.6 Å². The minimum absolute atomic E-state index is 0.0797. The lowest BCUT2D eigenvalue weighted by Crippen LogP contribution is -2.58. The van der Waals surface area contributed by atoms with Crippen molar-refractivity contribution in [3.8, 4) is 0 Å². The third-order valence-corrected chi connectivity index (χ3v) is 10.3. The highest BCUT2D eigenvalue weighted by atomic mass is 32.1. The maximum Gasteiger partial charge on any atom is 0.311 e. The van der Waals surface area contributed by atoms with Gasteiger partial charge < -0.3 is 9.84 Å². The monoisotopic (exact) mass is 468 g/mol. The van der Waals surface area contributed by atoms with Crippen molar-refractivity contribution in [2.75, 3.05) is 6.61 Å². The minimum Gasteiger partial charge on any atom is -0.457 e. The average molecular weight is 469 g/mol. The highest BCUT2D eigenvalue weighted by molar-refractivity contribution is 7.10. The zero-order valence-corrected chi connectivity index (χ0v) is 20.2. The first-order valence-electron chi connectivity index (χ1n) is 12.1. The number of carbonyl (C=O) groups excluding carboxylic acids is 3. The van der Waals surface area contributed by atoms with Crippen LogP contribution in [-0.2, 0) is 25.5 Å². The van der Waals surface area contributed by atoms with Gasteiger partial charge in [0.25, 0.3) is 0 Å². The van der Waals surface area contributed by atoms with Crippen molar-refractivity contribution in [1.29, 1.82) is 0 Å². The second kappa shape index (κ2) is 8.02. The Morgan fingerprint density at radius 3 is 2.73 bits per heavy atom. The molecule has 0 amide bonds. The van der Waals surface area contributed by atoms with Gasteiger partial charge in [0, 0.05) is 15.7 Å². The van der Waals surface area contributed by atoms with Crippen LogP contribution in [-0.4, -0.2) is 34.9 Å². The van der Waals surface area contributed by atoms with E-state index in [1.54, 1.807) is 6.08 Å². The molecule has 5 unspecified atom stereocenters. The Hall–Kier alpha value is -2.05. The summed E-state index contributed by atoms with van der Waals surface area (Å²) in [7, 11) is 0. The summed E-state index contributed by atoms with van der Waals surface area (Å²) < 4.78 is 5.29. The van der Waals surface area contributed by atoms with Crippen molar-refractivity contribution in [1.82, 2.24) is 0 Å². The molecule has 4 aliphatic rings. The first kappa shape index (κ1) is 22.7. The predicted molar refractivity (Wildman–Crippen MR) is 126 cm³/mol. The molecule has 0 aromatic carbocycles. The molecule has 6 atom stereocenters. The number of allylic oxidation sites excluding steroid dienone is 4. The number of ketones is 2.